The predicted molar refractivity (Wildman–Crippen MR) is 339 cm³/mol. The minimum absolute atomic E-state index is 0.0771. The van der Waals surface area contributed by atoms with Gasteiger partial charge in [0.15, 0.2) is 6.10 Å². The van der Waals surface area contributed by atoms with E-state index in [4.69, 9.17) is 14.2 Å². The molecule has 0 rings (SSSR count). The van der Waals surface area contributed by atoms with Crippen LogP contribution < -0.4 is 0 Å². The number of hydrogen-bond acceptors (Lipinski definition) is 6. The minimum atomic E-state index is -0.781. The van der Waals surface area contributed by atoms with Gasteiger partial charge in [-0.25, -0.2) is 0 Å². The fourth-order valence-electron chi connectivity index (χ4n) is 9.62. The van der Waals surface area contributed by atoms with E-state index in [2.05, 4.69) is 106 Å². The number of carbonyl (C=O) groups is 3. The first kappa shape index (κ1) is 74.6. The summed E-state index contributed by atoms with van der Waals surface area (Å²) in [6.07, 6.45) is 87.4. The SMILES string of the molecule is CC/C=C\C/C=C\C/C=C\C/C=C\CCCCCCCCCCC(=O)OC(COC(=O)CCCCCCCCCCCCCC)COC(=O)CCCCCCCCCCCCCC/C=C\C/C=C\C/C=C\CCCCCCC. The normalized spacial score (nSPS) is 12.6. The van der Waals surface area contributed by atoms with E-state index in [0.717, 1.165) is 103 Å². The molecular weight excluding hydrogens is 961 g/mol. The van der Waals surface area contributed by atoms with Crippen molar-refractivity contribution in [2.45, 2.75) is 341 Å². The summed E-state index contributed by atoms with van der Waals surface area (Å²) < 4.78 is 16.9. The summed E-state index contributed by atoms with van der Waals surface area (Å²) in [6.45, 7) is 6.54. The van der Waals surface area contributed by atoms with Crippen LogP contribution in [0, 0.1) is 0 Å². The van der Waals surface area contributed by atoms with Gasteiger partial charge < -0.3 is 14.2 Å². The summed E-state index contributed by atoms with van der Waals surface area (Å²) in [5, 5.41) is 0. The lowest BCUT2D eigenvalue weighted by atomic mass is 10.0. The zero-order chi connectivity index (χ0) is 56.4. The van der Waals surface area contributed by atoms with E-state index >= 15 is 0 Å². The molecule has 0 aliphatic carbocycles. The highest BCUT2D eigenvalue weighted by atomic mass is 16.6. The van der Waals surface area contributed by atoms with Crippen LogP contribution in [0.5, 0.6) is 0 Å². The summed E-state index contributed by atoms with van der Waals surface area (Å²) in [6, 6.07) is 0. The van der Waals surface area contributed by atoms with Gasteiger partial charge >= 0.3 is 17.9 Å². The maximum Gasteiger partial charge on any atom is 0.306 e. The van der Waals surface area contributed by atoms with Gasteiger partial charge in [-0.15, -0.1) is 0 Å². The van der Waals surface area contributed by atoms with E-state index in [1.807, 2.05) is 0 Å². The smallest absolute Gasteiger partial charge is 0.306 e. The van der Waals surface area contributed by atoms with Crippen molar-refractivity contribution >= 4 is 17.9 Å². The standard InChI is InChI=1S/C72H126O6/c1-4-7-10-13-16-19-22-25-27-29-31-33-34-35-36-37-38-40-41-43-45-47-50-53-56-59-62-65-71(74)77-68-69(67-76-70(73)64-61-58-55-52-49-24-21-18-15-12-9-6-3)78-72(75)66-63-60-57-54-51-48-46-44-42-39-32-30-28-26-23-20-17-14-11-8-5-2/h8,11,17,20,22,25-26,28-29,31-32,34-35,39,69H,4-7,9-10,12-16,18-19,21,23-24,27,30,33,36-38,40-68H2,1-3H3/b11-8-,20-17-,25-22-,28-26-,31-29-,35-34-,39-32-. The van der Waals surface area contributed by atoms with Crippen molar-refractivity contribution in [2.24, 2.45) is 0 Å². The quantitative estimate of drug-likeness (QED) is 0.0261. The third kappa shape index (κ3) is 63.4. The molecule has 0 aliphatic heterocycles. The van der Waals surface area contributed by atoms with Crippen LogP contribution in [0.3, 0.4) is 0 Å². The van der Waals surface area contributed by atoms with Gasteiger partial charge in [-0.1, -0.05) is 305 Å². The lowest BCUT2D eigenvalue weighted by molar-refractivity contribution is -0.167. The van der Waals surface area contributed by atoms with Crippen molar-refractivity contribution in [3.05, 3.63) is 85.1 Å². The van der Waals surface area contributed by atoms with Crippen molar-refractivity contribution < 1.29 is 28.6 Å². The second kappa shape index (κ2) is 66.1. The Kier molecular flexibility index (Phi) is 63.2. The lowest BCUT2D eigenvalue weighted by Crippen LogP contribution is -2.30. The maximum atomic E-state index is 12.9. The zero-order valence-electron chi connectivity index (χ0n) is 51.7. The van der Waals surface area contributed by atoms with Gasteiger partial charge in [0.2, 0.25) is 0 Å². The van der Waals surface area contributed by atoms with Gasteiger partial charge in [-0.05, 0) is 96.3 Å². The molecule has 6 heteroatoms. The number of unbranched alkanes of at least 4 members (excludes halogenated alkanes) is 36. The van der Waals surface area contributed by atoms with Gasteiger partial charge in [0.25, 0.3) is 0 Å². The van der Waals surface area contributed by atoms with Crippen LogP contribution in [0.25, 0.3) is 0 Å². The molecule has 450 valence electrons. The third-order valence-electron chi connectivity index (χ3n) is 14.6. The zero-order valence-corrected chi connectivity index (χ0v) is 51.7. The van der Waals surface area contributed by atoms with E-state index in [-0.39, 0.29) is 31.1 Å². The number of esters is 3. The first-order valence-corrected chi connectivity index (χ1v) is 33.6. The van der Waals surface area contributed by atoms with Crippen molar-refractivity contribution in [3.8, 4) is 0 Å². The molecule has 0 aromatic carbocycles. The molecule has 0 fully saturated rings. The molecule has 0 saturated carbocycles. The Hall–Kier alpha value is -3.41. The first-order valence-electron chi connectivity index (χ1n) is 33.6. The van der Waals surface area contributed by atoms with Crippen LogP contribution in [0.2, 0.25) is 0 Å². The summed E-state index contributed by atoms with van der Waals surface area (Å²) in [5.41, 5.74) is 0. The van der Waals surface area contributed by atoms with E-state index in [0.29, 0.717) is 19.3 Å². The van der Waals surface area contributed by atoms with Crippen molar-refractivity contribution in [1.29, 1.82) is 0 Å². The fourth-order valence-corrected chi connectivity index (χ4v) is 9.62. The Morgan fingerprint density at radius 3 is 0.782 bits per heavy atom. The molecular formula is C72H126O6. The number of rotatable bonds is 61. The third-order valence-corrected chi connectivity index (χ3v) is 14.6. The van der Waals surface area contributed by atoms with Gasteiger partial charge in [-0.3, -0.25) is 14.4 Å². The van der Waals surface area contributed by atoms with Crippen molar-refractivity contribution in [2.75, 3.05) is 13.2 Å². The molecule has 0 N–H and O–H groups in total. The van der Waals surface area contributed by atoms with Crippen LogP contribution in [-0.4, -0.2) is 37.2 Å². The Morgan fingerprint density at radius 2 is 0.500 bits per heavy atom. The highest BCUT2D eigenvalue weighted by Crippen LogP contribution is 2.17. The van der Waals surface area contributed by atoms with Gasteiger partial charge in [0, 0.05) is 19.3 Å². The summed E-state index contributed by atoms with van der Waals surface area (Å²) in [5.74, 6) is -0.872. The van der Waals surface area contributed by atoms with E-state index in [9.17, 15) is 14.4 Å². The van der Waals surface area contributed by atoms with Crippen LogP contribution in [-0.2, 0) is 28.6 Å². The van der Waals surface area contributed by atoms with E-state index < -0.39 is 6.10 Å². The highest BCUT2D eigenvalue weighted by Gasteiger charge is 2.19. The van der Waals surface area contributed by atoms with Crippen LogP contribution in [0.1, 0.15) is 335 Å². The molecule has 0 amide bonds. The lowest BCUT2D eigenvalue weighted by Gasteiger charge is -2.18. The molecule has 0 radical (unpaired) electrons. The minimum Gasteiger partial charge on any atom is -0.462 e. The van der Waals surface area contributed by atoms with Crippen molar-refractivity contribution in [3.63, 3.8) is 0 Å². The van der Waals surface area contributed by atoms with E-state index in [1.165, 1.54) is 193 Å². The highest BCUT2D eigenvalue weighted by molar-refractivity contribution is 5.71. The molecule has 0 bridgehead atoms. The van der Waals surface area contributed by atoms with Gasteiger partial charge in [0.05, 0.1) is 0 Å². The molecule has 1 atom stereocenters. The number of carbonyl (C=O) groups excluding carboxylic acids is 3. The second-order valence-electron chi connectivity index (χ2n) is 22.4. The molecule has 0 aromatic heterocycles. The molecule has 0 spiro atoms. The van der Waals surface area contributed by atoms with Crippen LogP contribution in [0.4, 0.5) is 0 Å². The Balaban J connectivity index is 4.27. The Morgan fingerprint density at radius 1 is 0.269 bits per heavy atom. The first-order chi connectivity index (χ1) is 38.5. The molecule has 0 aliphatic rings. The number of allylic oxidation sites excluding steroid dienone is 14. The van der Waals surface area contributed by atoms with E-state index in [1.54, 1.807) is 0 Å². The number of hydrogen-bond donors (Lipinski definition) is 0. The monoisotopic (exact) mass is 1090 g/mol. The average molecular weight is 1090 g/mol. The van der Waals surface area contributed by atoms with Gasteiger partial charge in [-0.2, -0.15) is 0 Å². The fraction of sp³-hybridized carbons (Fsp3) is 0.764. The predicted octanol–water partition coefficient (Wildman–Crippen LogP) is 23.1. The topological polar surface area (TPSA) is 78.9 Å². The number of ether oxygens (including phenoxy) is 3. The Labute approximate surface area is 484 Å². The largest absolute Gasteiger partial charge is 0.462 e. The summed E-state index contributed by atoms with van der Waals surface area (Å²) >= 11 is 0. The molecule has 0 saturated heterocycles. The maximum absolute atomic E-state index is 12.9. The summed E-state index contributed by atoms with van der Waals surface area (Å²) in [4.78, 5) is 38.3. The molecule has 0 heterocycles. The molecule has 6 nitrogen and oxygen atoms in total. The average Bonchev–Trinajstić information content (AvgIpc) is 3.44. The Bertz CT molecular complexity index is 1480. The van der Waals surface area contributed by atoms with Gasteiger partial charge in [0.1, 0.15) is 13.2 Å². The summed E-state index contributed by atoms with van der Waals surface area (Å²) in [7, 11) is 0. The molecule has 78 heavy (non-hydrogen) atoms. The van der Waals surface area contributed by atoms with Crippen LogP contribution in [0.15, 0.2) is 85.1 Å². The molecule has 1 unspecified atom stereocenters. The van der Waals surface area contributed by atoms with Crippen LogP contribution >= 0.6 is 0 Å². The second-order valence-corrected chi connectivity index (χ2v) is 22.4. The van der Waals surface area contributed by atoms with Crippen molar-refractivity contribution in [1.82, 2.24) is 0 Å². The molecule has 0 aromatic rings.